The standard InChI is InChI=1S/C3H7NS/c4-3(5)1-2-3/h5H,1-2,4H2. The van der Waals surface area contributed by atoms with E-state index in [9.17, 15) is 0 Å². The van der Waals surface area contributed by atoms with Crippen molar-refractivity contribution >= 4 is 12.6 Å². The third kappa shape index (κ3) is 0.816. The molecular weight excluding hydrogens is 82.1 g/mol. The smallest absolute Gasteiger partial charge is 0.0592 e. The minimum absolute atomic E-state index is 0.0556. The minimum atomic E-state index is -0.0556. The van der Waals surface area contributed by atoms with Gasteiger partial charge < -0.3 is 5.73 Å². The Hall–Kier alpha value is 0.310. The molecule has 0 heterocycles. The van der Waals surface area contributed by atoms with E-state index in [1.807, 2.05) is 0 Å². The van der Waals surface area contributed by atoms with E-state index in [0.29, 0.717) is 0 Å². The molecule has 1 rings (SSSR count). The molecule has 0 aromatic carbocycles. The molecule has 2 heteroatoms. The number of hydrogen-bond acceptors (Lipinski definition) is 2. The summed E-state index contributed by atoms with van der Waals surface area (Å²) in [6, 6.07) is 0. The van der Waals surface area contributed by atoms with Gasteiger partial charge in [-0.1, -0.05) is 0 Å². The summed E-state index contributed by atoms with van der Waals surface area (Å²) in [5, 5.41) is 0. The van der Waals surface area contributed by atoms with E-state index in [2.05, 4.69) is 12.6 Å². The van der Waals surface area contributed by atoms with Crippen molar-refractivity contribution in [2.75, 3.05) is 0 Å². The highest BCUT2D eigenvalue weighted by Crippen LogP contribution is 2.35. The Morgan fingerprint density at radius 1 is 1.60 bits per heavy atom. The van der Waals surface area contributed by atoms with Crippen LogP contribution in [0.3, 0.4) is 0 Å². The molecule has 1 aliphatic carbocycles. The van der Waals surface area contributed by atoms with Crippen LogP contribution in [0.4, 0.5) is 0 Å². The fourth-order valence-corrected chi connectivity index (χ4v) is 0.240. The van der Waals surface area contributed by atoms with Crippen molar-refractivity contribution in [3.63, 3.8) is 0 Å². The molecule has 1 nitrogen and oxygen atoms in total. The Bertz CT molecular complexity index is 44.9. The SMILES string of the molecule is NC1(S)CC1. The summed E-state index contributed by atoms with van der Waals surface area (Å²) in [5.41, 5.74) is 5.33. The molecule has 2 N–H and O–H groups in total. The third-order valence-corrected chi connectivity index (χ3v) is 1.21. The maximum absolute atomic E-state index is 5.33. The monoisotopic (exact) mass is 89.0 g/mol. The topological polar surface area (TPSA) is 26.0 Å². The van der Waals surface area contributed by atoms with Gasteiger partial charge in [0.05, 0.1) is 4.87 Å². The third-order valence-electron chi connectivity index (χ3n) is 0.762. The molecule has 1 fully saturated rings. The second-order valence-electron chi connectivity index (χ2n) is 1.60. The van der Waals surface area contributed by atoms with E-state index in [1.54, 1.807) is 0 Å². The van der Waals surface area contributed by atoms with E-state index in [4.69, 9.17) is 5.73 Å². The van der Waals surface area contributed by atoms with Crippen LogP contribution in [0.25, 0.3) is 0 Å². The zero-order valence-electron chi connectivity index (χ0n) is 2.94. The number of hydrogen-bond donors (Lipinski definition) is 2. The quantitative estimate of drug-likeness (QED) is 0.325. The molecule has 0 atom stereocenters. The van der Waals surface area contributed by atoms with Crippen LogP contribution < -0.4 is 5.73 Å². The van der Waals surface area contributed by atoms with E-state index in [-0.39, 0.29) is 4.87 Å². The molecule has 0 bridgehead atoms. The van der Waals surface area contributed by atoms with Crippen LogP contribution in [0.2, 0.25) is 0 Å². The number of thiol groups is 1. The van der Waals surface area contributed by atoms with Crippen molar-refractivity contribution in [1.82, 2.24) is 0 Å². The molecule has 0 amide bonds. The highest BCUT2D eigenvalue weighted by atomic mass is 32.1. The van der Waals surface area contributed by atoms with Gasteiger partial charge in [0.2, 0.25) is 0 Å². The molecule has 0 unspecified atom stereocenters. The molecule has 0 aromatic heterocycles. The van der Waals surface area contributed by atoms with Gasteiger partial charge in [0.15, 0.2) is 0 Å². The zero-order chi connectivity index (χ0) is 3.91. The summed E-state index contributed by atoms with van der Waals surface area (Å²) in [6.07, 6.45) is 2.19. The van der Waals surface area contributed by atoms with Gasteiger partial charge in [0.25, 0.3) is 0 Å². The summed E-state index contributed by atoms with van der Waals surface area (Å²) >= 11 is 4.01. The number of rotatable bonds is 0. The summed E-state index contributed by atoms with van der Waals surface area (Å²) in [4.78, 5) is -0.0556. The van der Waals surface area contributed by atoms with E-state index in [1.165, 1.54) is 0 Å². The van der Waals surface area contributed by atoms with Gasteiger partial charge in [-0.3, -0.25) is 0 Å². The summed E-state index contributed by atoms with van der Waals surface area (Å²) in [5.74, 6) is 0. The van der Waals surface area contributed by atoms with Crippen molar-refractivity contribution < 1.29 is 0 Å². The average Bonchev–Trinajstić information content (AvgIpc) is 1.76. The van der Waals surface area contributed by atoms with E-state index < -0.39 is 0 Å². The maximum Gasteiger partial charge on any atom is 0.0592 e. The largest absolute Gasteiger partial charge is 0.317 e. The second kappa shape index (κ2) is 0.684. The Morgan fingerprint density at radius 3 is 1.80 bits per heavy atom. The molecule has 1 saturated carbocycles. The van der Waals surface area contributed by atoms with Crippen LogP contribution in [-0.4, -0.2) is 4.87 Å². The lowest BCUT2D eigenvalue weighted by atomic mass is 10.8. The van der Waals surface area contributed by atoms with Gasteiger partial charge in [-0.2, -0.15) is 12.6 Å². The molecule has 1 aliphatic rings. The first-order valence-corrected chi connectivity index (χ1v) is 2.17. The molecule has 0 spiro atoms. The first-order valence-electron chi connectivity index (χ1n) is 1.72. The fraction of sp³-hybridized carbons (Fsp3) is 1.00. The van der Waals surface area contributed by atoms with Crippen molar-refractivity contribution in [1.29, 1.82) is 0 Å². The van der Waals surface area contributed by atoms with Gasteiger partial charge in [-0.15, -0.1) is 0 Å². The van der Waals surface area contributed by atoms with Crippen molar-refractivity contribution in [3.05, 3.63) is 0 Å². The predicted molar refractivity (Wildman–Crippen MR) is 25.1 cm³/mol. The molecule has 5 heavy (non-hydrogen) atoms. The van der Waals surface area contributed by atoms with Crippen LogP contribution in [0.1, 0.15) is 12.8 Å². The molecule has 0 saturated heterocycles. The molecular formula is C3H7NS. The molecule has 0 aromatic rings. The van der Waals surface area contributed by atoms with Crippen LogP contribution >= 0.6 is 12.6 Å². The van der Waals surface area contributed by atoms with E-state index in [0.717, 1.165) is 12.8 Å². The highest BCUT2D eigenvalue weighted by Gasteiger charge is 2.33. The Balaban J connectivity index is 2.38. The van der Waals surface area contributed by atoms with Crippen molar-refractivity contribution in [3.8, 4) is 0 Å². The first-order chi connectivity index (χ1) is 2.21. The van der Waals surface area contributed by atoms with Gasteiger partial charge in [0.1, 0.15) is 0 Å². The molecule has 30 valence electrons. The molecule has 0 aliphatic heterocycles. The van der Waals surface area contributed by atoms with Crippen molar-refractivity contribution in [2.24, 2.45) is 5.73 Å². The van der Waals surface area contributed by atoms with Crippen LogP contribution in [-0.2, 0) is 0 Å². The Labute approximate surface area is 37.0 Å². The zero-order valence-corrected chi connectivity index (χ0v) is 3.83. The summed E-state index contributed by atoms with van der Waals surface area (Å²) < 4.78 is 0. The predicted octanol–water partition coefficient (Wildman–Crippen LogP) is 0.365. The maximum atomic E-state index is 5.33. The van der Waals surface area contributed by atoms with Crippen LogP contribution in [0.5, 0.6) is 0 Å². The highest BCUT2D eigenvalue weighted by molar-refractivity contribution is 7.82. The first kappa shape index (κ1) is 3.50. The Kier molecular flexibility index (Phi) is 0.478. The minimum Gasteiger partial charge on any atom is -0.317 e. The normalized spacial score (nSPS) is 30.0. The van der Waals surface area contributed by atoms with Crippen LogP contribution in [0.15, 0.2) is 0 Å². The molecule has 0 radical (unpaired) electrons. The average molecular weight is 89.2 g/mol. The second-order valence-corrected chi connectivity index (χ2v) is 2.49. The van der Waals surface area contributed by atoms with Gasteiger partial charge >= 0.3 is 0 Å². The number of nitrogens with two attached hydrogens (primary N) is 1. The fourth-order valence-electron chi connectivity index (χ4n) is 0.128. The van der Waals surface area contributed by atoms with E-state index >= 15 is 0 Å². The van der Waals surface area contributed by atoms with Gasteiger partial charge in [-0.05, 0) is 12.8 Å². The lowest BCUT2D eigenvalue weighted by Gasteiger charge is -1.87. The lowest BCUT2D eigenvalue weighted by Crippen LogP contribution is -2.10. The van der Waals surface area contributed by atoms with Gasteiger partial charge in [-0.25, -0.2) is 0 Å². The van der Waals surface area contributed by atoms with Crippen LogP contribution in [0, 0.1) is 0 Å². The lowest BCUT2D eigenvalue weighted by molar-refractivity contribution is 0.995. The van der Waals surface area contributed by atoms with Gasteiger partial charge in [0, 0.05) is 0 Å². The summed E-state index contributed by atoms with van der Waals surface area (Å²) in [7, 11) is 0. The van der Waals surface area contributed by atoms with Crippen molar-refractivity contribution in [2.45, 2.75) is 17.7 Å². The summed E-state index contributed by atoms with van der Waals surface area (Å²) in [6.45, 7) is 0. The Morgan fingerprint density at radius 2 is 1.80 bits per heavy atom.